The summed E-state index contributed by atoms with van der Waals surface area (Å²) in [5.41, 5.74) is 38.3. The number of nitrogens with one attached hydrogen (secondary N) is 1. The van der Waals surface area contributed by atoms with E-state index in [1.54, 1.807) is 0 Å². The maximum atomic E-state index is 6.60. The number of benzene rings is 18. The average molecular weight is 1440 g/mol. The second kappa shape index (κ2) is 27.6. The van der Waals surface area contributed by atoms with Gasteiger partial charge in [0.1, 0.15) is 0 Å². The zero-order valence-electron chi connectivity index (χ0n) is 61.6. The molecule has 0 aliphatic heterocycles. The van der Waals surface area contributed by atoms with Crippen LogP contribution in [0.25, 0.3) is 111 Å². The Morgan fingerprint density at radius 1 is 0.225 bits per heavy atom. The first-order chi connectivity index (χ1) is 54.8. The van der Waals surface area contributed by atoms with Crippen LogP contribution in [0.15, 0.2) is 413 Å². The largest absolute Gasteiger partial charge is 0.356 e. The number of hydrogen-bond acceptors (Lipinski definition) is 2. The molecule has 1 N–H and O–H groups in total. The Bertz CT molecular complexity index is 6490. The lowest BCUT2D eigenvalue weighted by Crippen LogP contribution is -2.26. The summed E-state index contributed by atoms with van der Waals surface area (Å²) in [5, 5.41) is 9.42. The van der Waals surface area contributed by atoms with Crippen molar-refractivity contribution < 1.29 is 0 Å². The first-order valence-corrected chi connectivity index (χ1v) is 38.7. The zero-order chi connectivity index (χ0) is 74.2. The molecule has 0 atom stereocenters. The van der Waals surface area contributed by atoms with E-state index < -0.39 is 5.41 Å². The van der Waals surface area contributed by atoms with Crippen molar-refractivity contribution in [1.29, 1.82) is 0 Å². The van der Waals surface area contributed by atoms with Gasteiger partial charge in [-0.3, -0.25) is 0 Å². The Kier molecular flexibility index (Phi) is 16.6. The number of halogens is 1. The molecule has 524 valence electrons. The summed E-state index contributed by atoms with van der Waals surface area (Å²) >= 11 is 6.60. The van der Waals surface area contributed by atoms with E-state index in [0.717, 1.165) is 33.5 Å². The summed E-state index contributed by atoms with van der Waals surface area (Å²) in [4.78, 5) is 2.43. The molecule has 0 amide bonds. The molecule has 18 aromatic rings. The predicted molar refractivity (Wildman–Crippen MR) is 468 cm³/mol. The molecule has 3 heteroatoms. The highest BCUT2D eigenvalue weighted by Crippen LogP contribution is 2.66. The maximum Gasteiger partial charge on any atom is 0.0732 e. The Labute approximate surface area is 654 Å². The van der Waals surface area contributed by atoms with Gasteiger partial charge >= 0.3 is 0 Å². The average Bonchev–Trinajstić information content (AvgIpc) is 1.51. The van der Waals surface area contributed by atoms with E-state index in [0.29, 0.717) is 0 Å². The van der Waals surface area contributed by atoms with Gasteiger partial charge in [0.15, 0.2) is 0 Å². The summed E-state index contributed by atoms with van der Waals surface area (Å²) in [6.45, 7) is 4.25. The Morgan fingerprint density at radius 2 is 0.514 bits per heavy atom. The van der Waals surface area contributed by atoms with E-state index in [1.807, 2.05) is 12.1 Å². The molecule has 4 aliphatic rings. The highest BCUT2D eigenvalue weighted by atomic mass is 35.5. The third-order valence-corrected chi connectivity index (χ3v) is 23.7. The van der Waals surface area contributed by atoms with Gasteiger partial charge in [0.2, 0.25) is 0 Å². The van der Waals surface area contributed by atoms with Crippen LogP contribution in [0.4, 0.5) is 28.4 Å². The van der Waals surface area contributed by atoms with Crippen molar-refractivity contribution in [3.05, 3.63) is 473 Å². The molecule has 18 aromatic carbocycles. The normalized spacial score (nSPS) is 12.8. The highest BCUT2D eigenvalue weighted by molar-refractivity contribution is 6.31. The van der Waals surface area contributed by atoms with Crippen LogP contribution in [0.3, 0.4) is 0 Å². The van der Waals surface area contributed by atoms with Gasteiger partial charge < -0.3 is 10.2 Å². The van der Waals surface area contributed by atoms with Gasteiger partial charge in [-0.2, -0.15) is 0 Å². The molecule has 0 heterocycles. The molecule has 0 fully saturated rings. The van der Waals surface area contributed by atoms with Crippen molar-refractivity contribution in [3.8, 4) is 89.0 Å². The fourth-order valence-corrected chi connectivity index (χ4v) is 18.6. The minimum Gasteiger partial charge on any atom is -0.356 e. The van der Waals surface area contributed by atoms with Gasteiger partial charge in [-0.1, -0.05) is 362 Å². The van der Waals surface area contributed by atoms with E-state index in [9.17, 15) is 0 Å². The van der Waals surface area contributed by atoms with E-state index in [4.69, 9.17) is 11.6 Å². The van der Waals surface area contributed by atoms with E-state index in [-0.39, 0.29) is 5.41 Å². The topological polar surface area (TPSA) is 15.3 Å². The molecule has 4 aliphatic carbocycles. The van der Waals surface area contributed by atoms with Crippen LogP contribution in [-0.4, -0.2) is 0 Å². The zero-order valence-corrected chi connectivity index (χ0v) is 62.3. The van der Waals surface area contributed by atoms with Gasteiger partial charge in [-0.05, 0) is 242 Å². The van der Waals surface area contributed by atoms with E-state index in [1.165, 1.54) is 166 Å². The summed E-state index contributed by atoms with van der Waals surface area (Å²) in [7, 11) is 0. The second-order valence-electron chi connectivity index (χ2n) is 29.7. The van der Waals surface area contributed by atoms with Crippen molar-refractivity contribution in [1.82, 2.24) is 0 Å². The monoisotopic (exact) mass is 1430 g/mol. The molecule has 111 heavy (non-hydrogen) atoms. The van der Waals surface area contributed by atoms with E-state index >= 15 is 0 Å². The SMILES string of the molecule is Cc1ccc(-c2ccc(N(c3ccc(-c4ccccc4)cc3)c3ccc4c(c3)C3(c5ccccc5-c5ccccc53)c3c-4ccc4ccccc34)cc2)cc1.Cc1ccc(-c2ccc(Nc3ccc(-c4ccccc4)cc3)cc2)cc1.Clc1ccc2c(c1)C1(c3ccccc3-c3ccccc31)c1c-2ccc2ccccc12. The molecular weight excluding hydrogens is 1360 g/mol. The van der Waals surface area contributed by atoms with E-state index in [2.05, 4.69) is 424 Å². The summed E-state index contributed by atoms with van der Waals surface area (Å²) in [6.07, 6.45) is 0. The fourth-order valence-electron chi connectivity index (χ4n) is 18.4. The van der Waals surface area contributed by atoms with Crippen LogP contribution < -0.4 is 10.2 Å². The second-order valence-corrected chi connectivity index (χ2v) is 30.1. The summed E-state index contributed by atoms with van der Waals surface area (Å²) < 4.78 is 0. The number of nitrogens with zero attached hydrogens (tertiary/aromatic N) is 1. The number of aryl methyl sites for hydroxylation is 2. The van der Waals surface area contributed by atoms with Crippen molar-refractivity contribution in [2.45, 2.75) is 24.7 Å². The minimum absolute atomic E-state index is 0.344. The molecule has 0 saturated heterocycles. The fraction of sp³-hybridized carbons (Fsp3) is 0.0370. The summed E-state index contributed by atoms with van der Waals surface area (Å²) in [5.74, 6) is 0. The molecular formula is C108H75ClN2. The standard InChI is InChI=1S/C54H37N.C29H17Cl.C25H21N/c1-36-19-21-38(22-20-36)40-25-30-43(31-26-40)55(42-28-23-39(24-29-42)37-11-3-2-4-12-37)44-32-34-48-49-33-27-41-13-5-6-14-45(41)53(49)54(52(48)35-44)50-17-9-7-15-46(50)47-16-8-10-18-51(47)54;30-19-14-16-23-24-15-13-18-7-1-2-8-20(18)28(24)29(27(23)17-19)25-11-5-3-9-21(25)22-10-4-6-12-26(22)29;1-19-7-9-21(10-8-19)23-13-17-25(18-14-23)26-24-15-11-22(12-16-24)20-5-3-2-4-6-20/h2-35H,1H3;1-17H;2-18,26H,1H3. The van der Waals surface area contributed by atoms with Crippen LogP contribution in [0.5, 0.6) is 0 Å². The number of fused-ring (bicyclic) bond motifs is 24. The molecule has 2 nitrogen and oxygen atoms in total. The molecule has 0 aromatic heterocycles. The predicted octanol–water partition coefficient (Wildman–Crippen LogP) is 29.2. The quantitative estimate of drug-likeness (QED) is 0.155. The van der Waals surface area contributed by atoms with Gasteiger partial charge in [-0.15, -0.1) is 0 Å². The molecule has 22 rings (SSSR count). The Morgan fingerprint density at radius 3 is 0.910 bits per heavy atom. The van der Waals surface area contributed by atoms with Crippen molar-refractivity contribution in [2.75, 3.05) is 10.2 Å². The smallest absolute Gasteiger partial charge is 0.0732 e. The van der Waals surface area contributed by atoms with Crippen molar-refractivity contribution >= 4 is 61.6 Å². The number of anilines is 5. The first-order valence-electron chi connectivity index (χ1n) is 38.4. The lowest BCUT2D eigenvalue weighted by Gasteiger charge is -2.33. The van der Waals surface area contributed by atoms with Crippen molar-refractivity contribution in [3.63, 3.8) is 0 Å². The molecule has 0 radical (unpaired) electrons. The van der Waals surface area contributed by atoms with Crippen LogP contribution in [-0.2, 0) is 10.8 Å². The third kappa shape index (κ3) is 11.2. The molecule has 0 saturated carbocycles. The van der Waals surface area contributed by atoms with Gasteiger partial charge in [0.05, 0.1) is 10.8 Å². The Balaban J connectivity index is 0.000000120. The molecule has 0 bridgehead atoms. The lowest BCUT2D eigenvalue weighted by molar-refractivity contribution is 0.801. The van der Waals surface area contributed by atoms with Gasteiger partial charge in [-0.25, -0.2) is 0 Å². The van der Waals surface area contributed by atoms with Gasteiger partial charge in [0.25, 0.3) is 0 Å². The Hall–Kier alpha value is -13.6. The molecule has 2 spiro atoms. The minimum atomic E-state index is -0.465. The van der Waals surface area contributed by atoms with Crippen molar-refractivity contribution in [2.24, 2.45) is 0 Å². The van der Waals surface area contributed by atoms with Gasteiger partial charge in [0, 0.05) is 33.5 Å². The highest BCUT2D eigenvalue weighted by Gasteiger charge is 2.54. The third-order valence-electron chi connectivity index (χ3n) is 23.4. The van der Waals surface area contributed by atoms with Crippen LogP contribution in [0.1, 0.15) is 55.6 Å². The first kappa shape index (κ1) is 66.8. The number of rotatable bonds is 9. The number of hydrogen-bond donors (Lipinski definition) is 1. The van der Waals surface area contributed by atoms with Crippen LogP contribution in [0.2, 0.25) is 5.02 Å². The lowest BCUT2D eigenvalue weighted by atomic mass is 9.69. The van der Waals surface area contributed by atoms with Crippen LogP contribution in [0, 0.1) is 13.8 Å². The summed E-state index contributed by atoms with van der Waals surface area (Å²) in [6, 6.07) is 150. The molecule has 0 unspecified atom stereocenters. The van der Waals surface area contributed by atoms with Crippen LogP contribution >= 0.6 is 11.6 Å². The maximum absolute atomic E-state index is 6.60.